The summed E-state index contributed by atoms with van der Waals surface area (Å²) in [6.07, 6.45) is 3.52. The first-order valence-corrected chi connectivity index (χ1v) is 7.65. The van der Waals surface area contributed by atoms with E-state index in [0.717, 1.165) is 6.42 Å². The fourth-order valence-corrected chi connectivity index (χ4v) is 2.58. The fourth-order valence-electron chi connectivity index (χ4n) is 2.58. The van der Waals surface area contributed by atoms with Crippen LogP contribution in [0.15, 0.2) is 0 Å². The number of nitrogens with one attached hydrogen (secondary N) is 1. The van der Waals surface area contributed by atoms with Gasteiger partial charge in [0.05, 0.1) is 17.4 Å². The Kier molecular flexibility index (Phi) is 6.48. The van der Waals surface area contributed by atoms with E-state index in [1.54, 1.807) is 6.92 Å². The van der Waals surface area contributed by atoms with Gasteiger partial charge in [-0.3, -0.25) is 9.59 Å². The molecule has 3 atom stereocenters. The van der Waals surface area contributed by atoms with Crippen molar-refractivity contribution in [3.63, 3.8) is 0 Å². The van der Waals surface area contributed by atoms with Crippen molar-refractivity contribution < 1.29 is 27.5 Å². The first-order valence-electron chi connectivity index (χ1n) is 7.65. The Morgan fingerprint density at radius 3 is 2.30 bits per heavy atom. The van der Waals surface area contributed by atoms with Gasteiger partial charge in [0, 0.05) is 0 Å². The molecule has 23 heavy (non-hydrogen) atoms. The molecule has 1 saturated carbocycles. The Hall–Kier alpha value is -1.71. The molecule has 0 aromatic heterocycles. The largest absolute Gasteiger partial charge is 0.456 e. The third-order valence-corrected chi connectivity index (χ3v) is 4.21. The van der Waals surface area contributed by atoms with Gasteiger partial charge >= 0.3 is 12.1 Å². The van der Waals surface area contributed by atoms with Crippen LogP contribution in [0.25, 0.3) is 0 Å². The van der Waals surface area contributed by atoms with Gasteiger partial charge in [-0.1, -0.05) is 25.7 Å². The van der Waals surface area contributed by atoms with Crippen LogP contribution in [0.2, 0.25) is 0 Å². The number of terminal acetylenes is 1. The maximum atomic E-state index is 12.4. The monoisotopic (exact) mass is 333 g/mol. The van der Waals surface area contributed by atoms with Crippen LogP contribution in [-0.4, -0.2) is 30.2 Å². The summed E-state index contributed by atoms with van der Waals surface area (Å²) in [5, 5.41) is 2.71. The van der Waals surface area contributed by atoms with Gasteiger partial charge in [-0.2, -0.15) is 13.2 Å². The summed E-state index contributed by atoms with van der Waals surface area (Å²) in [5.74, 6) is -0.444. The summed E-state index contributed by atoms with van der Waals surface area (Å²) in [5.41, 5.74) is -0.838. The van der Waals surface area contributed by atoms with Gasteiger partial charge < -0.3 is 10.1 Å². The first-order chi connectivity index (χ1) is 10.6. The average Bonchev–Trinajstić information content (AvgIpc) is 2.51. The van der Waals surface area contributed by atoms with Gasteiger partial charge in [-0.25, -0.2) is 0 Å². The standard InChI is InChI=1S/C16H22F3NO3/c1-4-15(3,5-2)20-13(21)11-8-6-7-9-12(11)14(22)23-10-16(17,18)19/h1,11-12H,5-10H2,2-3H3,(H,20,21)/t11-,12-,15-/m1/s1. The van der Waals surface area contributed by atoms with Gasteiger partial charge in [-0.15, -0.1) is 6.42 Å². The van der Waals surface area contributed by atoms with Crippen molar-refractivity contribution in [2.24, 2.45) is 11.8 Å². The number of hydrogen-bond donors (Lipinski definition) is 1. The lowest BCUT2D eigenvalue weighted by atomic mass is 9.78. The fraction of sp³-hybridized carbons (Fsp3) is 0.750. The Labute approximate surface area is 134 Å². The van der Waals surface area contributed by atoms with Gasteiger partial charge in [0.1, 0.15) is 0 Å². The molecule has 0 saturated heterocycles. The Morgan fingerprint density at radius 1 is 1.26 bits per heavy atom. The van der Waals surface area contributed by atoms with Crippen LogP contribution >= 0.6 is 0 Å². The number of ether oxygens (including phenoxy) is 1. The van der Waals surface area contributed by atoms with Gasteiger partial charge in [0.2, 0.25) is 5.91 Å². The summed E-state index contributed by atoms with van der Waals surface area (Å²) in [7, 11) is 0. The molecule has 0 unspecified atom stereocenters. The summed E-state index contributed by atoms with van der Waals surface area (Å²) >= 11 is 0. The number of esters is 1. The van der Waals surface area contributed by atoms with Crippen molar-refractivity contribution in [2.75, 3.05) is 6.61 Å². The number of alkyl halides is 3. The zero-order valence-corrected chi connectivity index (χ0v) is 13.3. The second kappa shape index (κ2) is 7.71. The SMILES string of the molecule is C#C[C@](C)(CC)NC(=O)[C@@H]1CCCC[C@H]1C(=O)OCC(F)(F)F. The van der Waals surface area contributed by atoms with Crippen molar-refractivity contribution >= 4 is 11.9 Å². The van der Waals surface area contributed by atoms with Gasteiger partial charge in [0.15, 0.2) is 6.61 Å². The highest BCUT2D eigenvalue weighted by molar-refractivity contribution is 5.86. The maximum Gasteiger partial charge on any atom is 0.422 e. The lowest BCUT2D eigenvalue weighted by Gasteiger charge is -2.32. The zero-order chi connectivity index (χ0) is 17.7. The van der Waals surface area contributed by atoms with E-state index in [9.17, 15) is 22.8 Å². The number of halogens is 3. The molecule has 1 aliphatic rings. The summed E-state index contributed by atoms with van der Waals surface area (Å²) in [6, 6.07) is 0. The zero-order valence-electron chi connectivity index (χ0n) is 13.3. The third kappa shape index (κ3) is 5.77. The normalized spacial score (nSPS) is 24.2. The molecule has 0 bridgehead atoms. The molecule has 4 nitrogen and oxygen atoms in total. The van der Waals surface area contributed by atoms with E-state index >= 15 is 0 Å². The molecule has 7 heteroatoms. The van der Waals surface area contributed by atoms with Crippen LogP contribution in [0.5, 0.6) is 0 Å². The number of hydrogen-bond acceptors (Lipinski definition) is 3. The highest BCUT2D eigenvalue weighted by atomic mass is 19.4. The van der Waals surface area contributed by atoms with Crippen LogP contribution in [-0.2, 0) is 14.3 Å². The molecular weight excluding hydrogens is 311 g/mol. The second-order valence-electron chi connectivity index (χ2n) is 6.04. The smallest absolute Gasteiger partial charge is 0.422 e. The van der Waals surface area contributed by atoms with E-state index in [4.69, 9.17) is 6.42 Å². The second-order valence-corrected chi connectivity index (χ2v) is 6.04. The van der Waals surface area contributed by atoms with Gasteiger partial charge in [-0.05, 0) is 26.2 Å². The molecule has 0 spiro atoms. The van der Waals surface area contributed by atoms with Crippen molar-refractivity contribution in [1.29, 1.82) is 0 Å². The molecular formula is C16H22F3NO3. The minimum atomic E-state index is -4.58. The molecule has 0 aromatic rings. The molecule has 1 aliphatic carbocycles. The molecule has 1 amide bonds. The van der Waals surface area contributed by atoms with Crippen molar-refractivity contribution in [3.05, 3.63) is 0 Å². The minimum absolute atomic E-state index is 0.341. The topological polar surface area (TPSA) is 55.4 Å². The molecule has 0 aromatic carbocycles. The Balaban J connectivity index is 2.76. The quantitative estimate of drug-likeness (QED) is 0.622. The molecule has 1 rings (SSSR count). The molecule has 0 aliphatic heterocycles. The van der Waals surface area contributed by atoms with E-state index in [2.05, 4.69) is 16.0 Å². The van der Waals surface area contributed by atoms with E-state index in [0.29, 0.717) is 25.7 Å². The summed E-state index contributed by atoms with van der Waals surface area (Å²) in [4.78, 5) is 24.3. The number of carbonyl (C=O) groups excluding carboxylic acids is 2. The van der Waals surface area contributed by atoms with Crippen LogP contribution in [0.1, 0.15) is 46.0 Å². The third-order valence-electron chi connectivity index (χ3n) is 4.21. The lowest BCUT2D eigenvalue weighted by Crippen LogP contribution is -2.50. The van der Waals surface area contributed by atoms with E-state index in [-0.39, 0.29) is 0 Å². The van der Waals surface area contributed by atoms with E-state index in [1.165, 1.54) is 0 Å². The number of amides is 1. The minimum Gasteiger partial charge on any atom is -0.456 e. The Morgan fingerprint density at radius 2 is 1.83 bits per heavy atom. The molecule has 0 radical (unpaired) electrons. The molecule has 130 valence electrons. The molecule has 1 N–H and O–H groups in total. The summed E-state index contributed by atoms with van der Waals surface area (Å²) < 4.78 is 40.8. The highest BCUT2D eigenvalue weighted by Crippen LogP contribution is 2.32. The Bertz CT molecular complexity index is 484. The predicted octanol–water partition coefficient (Wildman–Crippen LogP) is 2.82. The molecule has 0 heterocycles. The van der Waals surface area contributed by atoms with Crippen LogP contribution in [0.3, 0.4) is 0 Å². The van der Waals surface area contributed by atoms with Crippen LogP contribution in [0, 0.1) is 24.2 Å². The van der Waals surface area contributed by atoms with Gasteiger partial charge in [0.25, 0.3) is 0 Å². The lowest BCUT2D eigenvalue weighted by molar-refractivity contribution is -0.191. The average molecular weight is 333 g/mol. The predicted molar refractivity (Wildman–Crippen MR) is 78.1 cm³/mol. The first kappa shape index (κ1) is 19.3. The molecule has 1 fully saturated rings. The number of rotatable bonds is 5. The van der Waals surface area contributed by atoms with Crippen molar-refractivity contribution in [2.45, 2.75) is 57.7 Å². The maximum absolute atomic E-state index is 12.4. The van der Waals surface area contributed by atoms with Crippen molar-refractivity contribution in [3.8, 4) is 12.3 Å². The number of carbonyl (C=O) groups is 2. The van der Waals surface area contributed by atoms with E-state index < -0.39 is 42.0 Å². The highest BCUT2D eigenvalue weighted by Gasteiger charge is 2.40. The summed E-state index contributed by atoms with van der Waals surface area (Å²) in [6.45, 7) is 1.87. The van der Waals surface area contributed by atoms with Crippen LogP contribution < -0.4 is 5.32 Å². The van der Waals surface area contributed by atoms with Crippen molar-refractivity contribution in [1.82, 2.24) is 5.32 Å². The van der Waals surface area contributed by atoms with E-state index in [1.807, 2.05) is 6.92 Å². The van der Waals surface area contributed by atoms with Crippen LogP contribution in [0.4, 0.5) is 13.2 Å².